The molecular formula is C14H10N2O2S. The fourth-order valence-corrected chi connectivity index (χ4v) is 2.59. The molecule has 4 nitrogen and oxygen atoms in total. The standard InChI is InChI=1S/C14H10N2O2S/c15-9-11-4-3-5-12(8-11)10-19-14-7-2-1-6-13(14)16(17)18/h1-8H,10H2. The topological polar surface area (TPSA) is 66.9 Å². The molecule has 0 amide bonds. The normalized spacial score (nSPS) is 9.84. The average Bonchev–Trinajstić information content (AvgIpc) is 2.45. The van der Waals surface area contributed by atoms with Gasteiger partial charge in [0.25, 0.3) is 5.69 Å². The molecule has 2 aromatic carbocycles. The van der Waals surface area contributed by atoms with E-state index < -0.39 is 0 Å². The Kier molecular flexibility index (Phi) is 4.16. The Balaban J connectivity index is 2.15. The van der Waals surface area contributed by atoms with E-state index in [1.54, 1.807) is 30.3 Å². The molecule has 0 radical (unpaired) electrons. The zero-order valence-electron chi connectivity index (χ0n) is 9.95. The van der Waals surface area contributed by atoms with E-state index in [0.29, 0.717) is 16.2 Å². The number of nitriles is 1. The quantitative estimate of drug-likeness (QED) is 0.482. The lowest BCUT2D eigenvalue weighted by molar-refractivity contribution is -0.387. The molecule has 2 rings (SSSR count). The molecule has 0 aromatic heterocycles. The van der Waals surface area contributed by atoms with Crippen LogP contribution in [0.2, 0.25) is 0 Å². The van der Waals surface area contributed by atoms with Crippen LogP contribution in [-0.4, -0.2) is 4.92 Å². The van der Waals surface area contributed by atoms with Gasteiger partial charge in [0, 0.05) is 11.8 Å². The van der Waals surface area contributed by atoms with Crippen molar-refractivity contribution in [1.29, 1.82) is 5.26 Å². The molecule has 19 heavy (non-hydrogen) atoms. The van der Waals surface area contributed by atoms with Gasteiger partial charge in [-0.25, -0.2) is 0 Å². The number of hydrogen-bond donors (Lipinski definition) is 0. The largest absolute Gasteiger partial charge is 0.282 e. The maximum atomic E-state index is 10.9. The van der Waals surface area contributed by atoms with Crippen molar-refractivity contribution in [3.63, 3.8) is 0 Å². The SMILES string of the molecule is N#Cc1cccc(CSc2ccccc2[N+](=O)[O-])c1. The first-order valence-electron chi connectivity index (χ1n) is 5.56. The van der Waals surface area contributed by atoms with Gasteiger partial charge < -0.3 is 0 Å². The van der Waals surface area contributed by atoms with Crippen molar-refractivity contribution in [2.75, 3.05) is 0 Å². The molecule has 0 bridgehead atoms. The summed E-state index contributed by atoms with van der Waals surface area (Å²) < 4.78 is 0. The number of nitro benzene ring substituents is 1. The van der Waals surface area contributed by atoms with Crippen molar-refractivity contribution in [1.82, 2.24) is 0 Å². The minimum Gasteiger partial charge on any atom is -0.258 e. The first-order chi connectivity index (χ1) is 9.20. The highest BCUT2D eigenvalue weighted by molar-refractivity contribution is 7.98. The van der Waals surface area contributed by atoms with Crippen LogP contribution in [0.15, 0.2) is 53.4 Å². The highest BCUT2D eigenvalue weighted by atomic mass is 32.2. The molecule has 0 saturated heterocycles. The zero-order chi connectivity index (χ0) is 13.7. The van der Waals surface area contributed by atoms with Crippen LogP contribution in [0.5, 0.6) is 0 Å². The number of hydrogen-bond acceptors (Lipinski definition) is 4. The number of benzene rings is 2. The summed E-state index contributed by atoms with van der Waals surface area (Å²) >= 11 is 1.40. The van der Waals surface area contributed by atoms with Crippen molar-refractivity contribution >= 4 is 17.4 Å². The number of rotatable bonds is 4. The summed E-state index contributed by atoms with van der Waals surface area (Å²) in [6.45, 7) is 0. The third-order valence-corrected chi connectivity index (χ3v) is 3.65. The summed E-state index contributed by atoms with van der Waals surface area (Å²) in [4.78, 5) is 11.1. The third-order valence-electron chi connectivity index (χ3n) is 2.51. The number of nitrogens with zero attached hydrogens (tertiary/aromatic N) is 2. The Labute approximate surface area is 114 Å². The van der Waals surface area contributed by atoms with Gasteiger partial charge in [-0.05, 0) is 23.8 Å². The molecule has 0 heterocycles. The lowest BCUT2D eigenvalue weighted by atomic mass is 10.2. The molecule has 0 unspecified atom stereocenters. The molecule has 0 fully saturated rings. The molecule has 0 atom stereocenters. The second-order valence-electron chi connectivity index (χ2n) is 3.83. The van der Waals surface area contributed by atoms with Gasteiger partial charge in [-0.15, -0.1) is 11.8 Å². The molecule has 5 heteroatoms. The van der Waals surface area contributed by atoms with Crippen LogP contribution >= 0.6 is 11.8 Å². The van der Waals surface area contributed by atoms with E-state index in [-0.39, 0.29) is 10.6 Å². The molecule has 0 saturated carbocycles. The maximum Gasteiger partial charge on any atom is 0.282 e. The van der Waals surface area contributed by atoms with Crippen molar-refractivity contribution < 1.29 is 4.92 Å². The summed E-state index contributed by atoms with van der Waals surface area (Å²) in [6.07, 6.45) is 0. The highest BCUT2D eigenvalue weighted by Gasteiger charge is 2.12. The van der Waals surface area contributed by atoms with Crippen LogP contribution in [0.25, 0.3) is 0 Å². The summed E-state index contributed by atoms with van der Waals surface area (Å²) in [5, 5.41) is 19.7. The van der Waals surface area contributed by atoms with Crippen LogP contribution in [0, 0.1) is 21.4 Å². The Hall–Kier alpha value is -2.32. The van der Waals surface area contributed by atoms with Gasteiger partial charge in [-0.1, -0.05) is 24.3 Å². The van der Waals surface area contributed by atoms with E-state index in [2.05, 4.69) is 6.07 Å². The average molecular weight is 270 g/mol. The predicted octanol–water partition coefficient (Wildman–Crippen LogP) is 3.76. The highest BCUT2D eigenvalue weighted by Crippen LogP contribution is 2.31. The number of thioether (sulfide) groups is 1. The summed E-state index contributed by atoms with van der Waals surface area (Å²) in [7, 11) is 0. The van der Waals surface area contributed by atoms with Crippen molar-refractivity contribution in [2.45, 2.75) is 10.6 Å². The van der Waals surface area contributed by atoms with Gasteiger partial charge in [-0.3, -0.25) is 10.1 Å². The summed E-state index contributed by atoms with van der Waals surface area (Å²) in [6, 6.07) is 16.0. The fourth-order valence-electron chi connectivity index (χ4n) is 1.62. The summed E-state index contributed by atoms with van der Waals surface area (Å²) in [5.74, 6) is 0.598. The minimum absolute atomic E-state index is 0.115. The van der Waals surface area contributed by atoms with E-state index in [4.69, 9.17) is 5.26 Å². The van der Waals surface area contributed by atoms with Crippen LogP contribution in [-0.2, 0) is 5.75 Å². The molecule has 94 valence electrons. The van der Waals surface area contributed by atoms with Gasteiger partial charge in [0.1, 0.15) is 0 Å². The Morgan fingerprint density at radius 1 is 1.21 bits per heavy atom. The fraction of sp³-hybridized carbons (Fsp3) is 0.0714. The van der Waals surface area contributed by atoms with Crippen molar-refractivity contribution in [3.8, 4) is 6.07 Å². The molecular weight excluding hydrogens is 260 g/mol. The number of nitro groups is 1. The zero-order valence-corrected chi connectivity index (χ0v) is 10.8. The van der Waals surface area contributed by atoms with E-state index in [0.717, 1.165) is 5.56 Å². The maximum absolute atomic E-state index is 10.9. The van der Waals surface area contributed by atoms with Gasteiger partial charge >= 0.3 is 0 Å². The smallest absolute Gasteiger partial charge is 0.258 e. The van der Waals surface area contributed by atoms with E-state index in [9.17, 15) is 10.1 Å². The van der Waals surface area contributed by atoms with Crippen LogP contribution in [0.4, 0.5) is 5.69 Å². The second kappa shape index (κ2) is 6.03. The van der Waals surface area contributed by atoms with Gasteiger partial charge in [0.2, 0.25) is 0 Å². The molecule has 0 aliphatic carbocycles. The lowest BCUT2D eigenvalue weighted by Gasteiger charge is -2.03. The second-order valence-corrected chi connectivity index (χ2v) is 4.84. The summed E-state index contributed by atoms with van der Waals surface area (Å²) in [5.41, 5.74) is 1.69. The Morgan fingerprint density at radius 3 is 2.74 bits per heavy atom. The van der Waals surface area contributed by atoms with Crippen molar-refractivity contribution in [3.05, 3.63) is 69.8 Å². The molecule has 0 aliphatic heterocycles. The van der Waals surface area contributed by atoms with Crippen LogP contribution in [0.3, 0.4) is 0 Å². The van der Waals surface area contributed by atoms with E-state index in [1.807, 2.05) is 12.1 Å². The first kappa shape index (κ1) is 13.1. The van der Waals surface area contributed by atoms with E-state index >= 15 is 0 Å². The van der Waals surface area contributed by atoms with Crippen molar-refractivity contribution in [2.24, 2.45) is 0 Å². The lowest BCUT2D eigenvalue weighted by Crippen LogP contribution is -1.90. The predicted molar refractivity (Wildman–Crippen MR) is 73.8 cm³/mol. The van der Waals surface area contributed by atoms with Crippen LogP contribution < -0.4 is 0 Å². The molecule has 2 aromatic rings. The van der Waals surface area contributed by atoms with Crippen LogP contribution in [0.1, 0.15) is 11.1 Å². The van der Waals surface area contributed by atoms with Gasteiger partial charge in [0.15, 0.2) is 0 Å². The third kappa shape index (κ3) is 3.33. The molecule has 0 N–H and O–H groups in total. The van der Waals surface area contributed by atoms with Gasteiger partial charge in [-0.2, -0.15) is 5.26 Å². The molecule has 0 spiro atoms. The van der Waals surface area contributed by atoms with E-state index in [1.165, 1.54) is 17.8 Å². The Morgan fingerprint density at radius 2 is 2.00 bits per heavy atom. The first-order valence-corrected chi connectivity index (χ1v) is 6.54. The number of para-hydroxylation sites is 1. The Bertz CT molecular complexity index is 650. The molecule has 0 aliphatic rings. The van der Waals surface area contributed by atoms with Gasteiger partial charge in [0.05, 0.1) is 21.5 Å². The minimum atomic E-state index is -0.381. The monoisotopic (exact) mass is 270 g/mol.